The topological polar surface area (TPSA) is 50.8 Å². The highest BCUT2D eigenvalue weighted by Gasteiger charge is 2.32. The number of carbonyl (C=O) groups is 1. The van der Waals surface area contributed by atoms with E-state index < -0.39 is 0 Å². The molecule has 2 aliphatic heterocycles. The summed E-state index contributed by atoms with van der Waals surface area (Å²) < 4.78 is 11.1. The summed E-state index contributed by atoms with van der Waals surface area (Å²) in [4.78, 5) is 15.2. The van der Waals surface area contributed by atoms with Gasteiger partial charge in [0.05, 0.1) is 0 Å². The van der Waals surface area contributed by atoms with E-state index in [0.29, 0.717) is 12.3 Å². The first-order chi connectivity index (χ1) is 14.3. The number of fused-ring (bicyclic) bond motifs is 1. The maximum absolute atomic E-state index is 13.1. The van der Waals surface area contributed by atoms with Gasteiger partial charge in [-0.1, -0.05) is 37.3 Å². The van der Waals surface area contributed by atoms with E-state index in [2.05, 4.69) is 29.6 Å². The van der Waals surface area contributed by atoms with Gasteiger partial charge in [0.15, 0.2) is 11.5 Å². The van der Waals surface area contributed by atoms with E-state index in [4.69, 9.17) is 9.47 Å². The SMILES string of the molecule is CCC(=O)N(c1ccc2c(c1)OCO2)C(CCc1ccccc1)C1CCNCC1. The first kappa shape index (κ1) is 19.8. The molecule has 0 aromatic heterocycles. The molecule has 0 spiro atoms. The summed E-state index contributed by atoms with van der Waals surface area (Å²) in [5, 5.41) is 3.46. The van der Waals surface area contributed by atoms with Crippen LogP contribution < -0.4 is 19.7 Å². The maximum atomic E-state index is 13.1. The van der Waals surface area contributed by atoms with Gasteiger partial charge in [0.2, 0.25) is 12.7 Å². The van der Waals surface area contributed by atoms with E-state index in [1.54, 1.807) is 0 Å². The molecule has 2 aromatic carbocycles. The lowest BCUT2D eigenvalue weighted by Crippen LogP contribution is -2.48. The largest absolute Gasteiger partial charge is 0.454 e. The highest BCUT2D eigenvalue weighted by molar-refractivity contribution is 5.94. The van der Waals surface area contributed by atoms with Crippen LogP contribution >= 0.6 is 0 Å². The molecule has 0 saturated carbocycles. The van der Waals surface area contributed by atoms with E-state index in [1.165, 1.54) is 5.56 Å². The Hall–Kier alpha value is -2.53. The van der Waals surface area contributed by atoms with Gasteiger partial charge in [-0.05, 0) is 62.4 Å². The third-order valence-electron chi connectivity index (χ3n) is 6.04. The van der Waals surface area contributed by atoms with Crippen molar-refractivity contribution in [1.29, 1.82) is 0 Å². The molecular weight excluding hydrogens is 364 g/mol. The summed E-state index contributed by atoms with van der Waals surface area (Å²) in [6.07, 6.45) is 4.60. The smallest absolute Gasteiger partial charge is 0.231 e. The lowest BCUT2D eigenvalue weighted by atomic mass is 9.85. The average molecular weight is 395 g/mol. The zero-order valence-electron chi connectivity index (χ0n) is 17.1. The molecule has 1 unspecified atom stereocenters. The molecule has 2 aromatic rings. The zero-order chi connectivity index (χ0) is 20.1. The molecule has 0 bridgehead atoms. The molecule has 29 heavy (non-hydrogen) atoms. The number of aryl methyl sites for hydroxylation is 1. The Labute approximate surface area is 173 Å². The number of carbonyl (C=O) groups excluding carboxylic acids is 1. The van der Waals surface area contributed by atoms with Gasteiger partial charge in [-0.3, -0.25) is 4.79 Å². The Morgan fingerprint density at radius 2 is 1.86 bits per heavy atom. The summed E-state index contributed by atoms with van der Waals surface area (Å²) >= 11 is 0. The van der Waals surface area contributed by atoms with Crippen molar-refractivity contribution in [1.82, 2.24) is 5.32 Å². The Morgan fingerprint density at radius 3 is 2.62 bits per heavy atom. The van der Waals surface area contributed by atoms with Crippen molar-refractivity contribution in [2.24, 2.45) is 5.92 Å². The van der Waals surface area contributed by atoms with Crippen molar-refractivity contribution >= 4 is 11.6 Å². The maximum Gasteiger partial charge on any atom is 0.231 e. The number of amides is 1. The van der Waals surface area contributed by atoms with Crippen molar-refractivity contribution in [3.63, 3.8) is 0 Å². The highest BCUT2D eigenvalue weighted by Crippen LogP contribution is 2.38. The first-order valence-electron chi connectivity index (χ1n) is 10.7. The van der Waals surface area contributed by atoms with E-state index in [0.717, 1.165) is 56.0 Å². The Morgan fingerprint density at radius 1 is 1.10 bits per heavy atom. The van der Waals surface area contributed by atoms with Gasteiger partial charge >= 0.3 is 0 Å². The van der Waals surface area contributed by atoms with Gasteiger partial charge in [-0.15, -0.1) is 0 Å². The summed E-state index contributed by atoms with van der Waals surface area (Å²) in [7, 11) is 0. The van der Waals surface area contributed by atoms with Crippen molar-refractivity contribution in [2.45, 2.75) is 45.1 Å². The van der Waals surface area contributed by atoms with Crippen LogP contribution in [0.5, 0.6) is 11.5 Å². The van der Waals surface area contributed by atoms with Crippen LogP contribution in [0.25, 0.3) is 0 Å². The summed E-state index contributed by atoms with van der Waals surface area (Å²) in [6, 6.07) is 16.6. The number of piperidine rings is 1. The molecule has 1 fully saturated rings. The van der Waals surface area contributed by atoms with E-state index in [1.807, 2.05) is 36.1 Å². The normalized spacial score (nSPS) is 17.1. The number of rotatable bonds is 7. The van der Waals surface area contributed by atoms with E-state index in [9.17, 15) is 4.79 Å². The van der Waals surface area contributed by atoms with Crippen LogP contribution in [0.2, 0.25) is 0 Å². The lowest BCUT2D eigenvalue weighted by Gasteiger charge is -2.39. The molecule has 5 heteroatoms. The fourth-order valence-electron chi connectivity index (χ4n) is 4.49. The number of nitrogens with zero attached hydrogens (tertiary/aromatic N) is 1. The molecule has 1 saturated heterocycles. The second kappa shape index (κ2) is 9.31. The molecule has 154 valence electrons. The van der Waals surface area contributed by atoms with Gasteiger partial charge < -0.3 is 19.7 Å². The first-order valence-corrected chi connectivity index (χ1v) is 10.7. The molecule has 1 N–H and O–H groups in total. The summed E-state index contributed by atoms with van der Waals surface area (Å²) in [6.45, 7) is 4.22. The minimum absolute atomic E-state index is 0.167. The lowest BCUT2D eigenvalue weighted by molar-refractivity contribution is -0.119. The molecule has 1 amide bonds. The van der Waals surface area contributed by atoms with Crippen molar-refractivity contribution in [2.75, 3.05) is 24.8 Å². The van der Waals surface area contributed by atoms with E-state index in [-0.39, 0.29) is 18.7 Å². The van der Waals surface area contributed by atoms with E-state index >= 15 is 0 Å². The van der Waals surface area contributed by atoms with Gasteiger partial charge in [0.25, 0.3) is 0 Å². The van der Waals surface area contributed by atoms with Gasteiger partial charge in [0.1, 0.15) is 0 Å². The minimum atomic E-state index is 0.167. The number of ether oxygens (including phenoxy) is 2. The average Bonchev–Trinajstić information content (AvgIpc) is 3.25. The van der Waals surface area contributed by atoms with Crippen molar-refractivity contribution < 1.29 is 14.3 Å². The highest BCUT2D eigenvalue weighted by atomic mass is 16.7. The van der Waals surface area contributed by atoms with Crippen LogP contribution in [0.15, 0.2) is 48.5 Å². The van der Waals surface area contributed by atoms with Crippen LogP contribution in [0.4, 0.5) is 5.69 Å². The predicted molar refractivity (Wildman–Crippen MR) is 114 cm³/mol. The monoisotopic (exact) mass is 394 g/mol. The van der Waals surface area contributed by atoms with Crippen LogP contribution in [-0.2, 0) is 11.2 Å². The van der Waals surface area contributed by atoms with Crippen molar-refractivity contribution in [3.8, 4) is 11.5 Å². The Balaban J connectivity index is 1.64. The standard InChI is InChI=1S/C24H30N2O3/c1-2-24(27)26(20-9-11-22-23(16-20)29-17-28-22)21(19-12-14-25-15-13-19)10-8-18-6-4-3-5-7-18/h3-7,9,11,16,19,21,25H,2,8,10,12-15,17H2,1H3. The van der Waals surface area contributed by atoms with Gasteiger partial charge in [-0.25, -0.2) is 0 Å². The molecule has 4 rings (SSSR count). The minimum Gasteiger partial charge on any atom is -0.454 e. The fourth-order valence-corrected chi connectivity index (χ4v) is 4.49. The number of hydrogen-bond donors (Lipinski definition) is 1. The number of nitrogens with one attached hydrogen (secondary N) is 1. The molecule has 5 nitrogen and oxygen atoms in total. The van der Waals surface area contributed by atoms with Crippen LogP contribution in [0.1, 0.15) is 38.2 Å². The summed E-state index contributed by atoms with van der Waals surface area (Å²) in [5.74, 6) is 2.13. The second-order valence-corrected chi connectivity index (χ2v) is 7.83. The summed E-state index contributed by atoms with van der Waals surface area (Å²) in [5.41, 5.74) is 2.23. The molecule has 0 aliphatic carbocycles. The molecule has 0 radical (unpaired) electrons. The molecule has 2 heterocycles. The Kier molecular flexibility index (Phi) is 6.35. The van der Waals surface area contributed by atoms with Crippen LogP contribution in [0.3, 0.4) is 0 Å². The quantitative estimate of drug-likeness (QED) is 0.766. The number of anilines is 1. The number of benzene rings is 2. The predicted octanol–water partition coefficient (Wildman–Crippen LogP) is 4.16. The molecule has 2 aliphatic rings. The molecule has 1 atom stereocenters. The zero-order valence-corrected chi connectivity index (χ0v) is 17.1. The van der Waals surface area contributed by atoms with Crippen LogP contribution in [-0.4, -0.2) is 31.8 Å². The third kappa shape index (κ3) is 4.56. The van der Waals surface area contributed by atoms with Crippen molar-refractivity contribution in [3.05, 3.63) is 54.1 Å². The second-order valence-electron chi connectivity index (χ2n) is 7.83. The van der Waals surface area contributed by atoms with Gasteiger partial charge in [-0.2, -0.15) is 0 Å². The van der Waals surface area contributed by atoms with Crippen LogP contribution in [0, 0.1) is 5.92 Å². The number of hydrogen-bond acceptors (Lipinski definition) is 4. The fraction of sp³-hybridized carbons (Fsp3) is 0.458. The Bertz CT molecular complexity index is 818. The third-order valence-corrected chi connectivity index (χ3v) is 6.04. The molecular formula is C24H30N2O3. The van der Waals surface area contributed by atoms with Gasteiger partial charge in [0, 0.05) is 24.2 Å².